The van der Waals surface area contributed by atoms with E-state index in [4.69, 9.17) is 10.5 Å². The van der Waals surface area contributed by atoms with Crippen LogP contribution in [0.1, 0.15) is 23.7 Å². The lowest BCUT2D eigenvalue weighted by Crippen LogP contribution is -2.42. The van der Waals surface area contributed by atoms with E-state index in [1.54, 1.807) is 0 Å². The highest BCUT2D eigenvalue weighted by Gasteiger charge is 2.40. The van der Waals surface area contributed by atoms with Crippen LogP contribution in [0.4, 0.5) is 5.82 Å². The third-order valence-electron chi connectivity index (χ3n) is 3.75. The zero-order valence-electron chi connectivity index (χ0n) is 12.1. The molecule has 2 rings (SSSR count). The van der Waals surface area contributed by atoms with Crippen LogP contribution in [0.25, 0.3) is 0 Å². The van der Waals surface area contributed by atoms with Gasteiger partial charge in [-0.15, -0.1) is 0 Å². The number of ether oxygens (including phenoxy) is 1. The normalized spacial score (nSPS) is 20.1. The van der Waals surface area contributed by atoms with Crippen molar-refractivity contribution in [2.24, 2.45) is 25.9 Å². The summed E-state index contributed by atoms with van der Waals surface area (Å²) in [7, 11) is 2.60. The Bertz CT molecular complexity index is 731. The zero-order chi connectivity index (χ0) is 15.9. The molecule has 0 radical (unpaired) electrons. The Morgan fingerprint density at radius 3 is 2.38 bits per heavy atom. The van der Waals surface area contributed by atoms with Crippen molar-refractivity contribution >= 4 is 17.6 Å². The maximum atomic E-state index is 12.0. The van der Waals surface area contributed by atoms with Crippen LogP contribution in [0.5, 0.6) is 0 Å². The quantitative estimate of drug-likeness (QED) is 0.566. The van der Waals surface area contributed by atoms with E-state index in [9.17, 15) is 19.2 Å². The van der Waals surface area contributed by atoms with Crippen LogP contribution < -0.4 is 17.0 Å². The highest BCUT2D eigenvalue weighted by atomic mass is 16.5. The van der Waals surface area contributed by atoms with Crippen molar-refractivity contribution in [3.63, 3.8) is 0 Å². The first-order valence-corrected chi connectivity index (χ1v) is 6.51. The fourth-order valence-electron chi connectivity index (χ4n) is 2.09. The molecule has 0 aromatic carbocycles. The van der Waals surface area contributed by atoms with Crippen molar-refractivity contribution < 1.29 is 14.3 Å². The SMILES string of the molecule is C[C@H]1C[C@@H]1C(=O)OCC(=O)c1c(N)n(C)c(=O)n(C)c1=O. The summed E-state index contributed by atoms with van der Waals surface area (Å²) in [6, 6.07) is 0. The highest BCUT2D eigenvalue weighted by molar-refractivity contribution is 6.01. The second-order valence-corrected chi connectivity index (χ2v) is 5.32. The van der Waals surface area contributed by atoms with Crippen LogP contribution in [0, 0.1) is 11.8 Å². The van der Waals surface area contributed by atoms with Gasteiger partial charge in [0, 0.05) is 14.1 Å². The first-order chi connectivity index (χ1) is 9.75. The molecule has 114 valence electrons. The third-order valence-corrected chi connectivity index (χ3v) is 3.75. The van der Waals surface area contributed by atoms with Crippen molar-refractivity contribution in [1.82, 2.24) is 9.13 Å². The molecule has 1 heterocycles. The molecule has 1 aromatic heterocycles. The third kappa shape index (κ3) is 2.61. The van der Waals surface area contributed by atoms with Gasteiger partial charge in [0.2, 0.25) is 5.78 Å². The molecule has 0 spiro atoms. The Balaban J connectivity index is 2.22. The van der Waals surface area contributed by atoms with Gasteiger partial charge in [-0.3, -0.25) is 23.5 Å². The number of Topliss-reactive ketones (excluding diaryl/α,β-unsaturated/α-hetero) is 1. The minimum atomic E-state index is -0.795. The van der Waals surface area contributed by atoms with E-state index in [1.165, 1.54) is 14.1 Å². The largest absolute Gasteiger partial charge is 0.457 e. The summed E-state index contributed by atoms with van der Waals surface area (Å²) < 4.78 is 6.68. The number of rotatable bonds is 4. The van der Waals surface area contributed by atoms with Gasteiger partial charge in [0.15, 0.2) is 6.61 Å². The number of aromatic nitrogens is 2. The van der Waals surface area contributed by atoms with Crippen molar-refractivity contribution in [2.45, 2.75) is 13.3 Å². The van der Waals surface area contributed by atoms with Crippen molar-refractivity contribution in [3.05, 3.63) is 26.4 Å². The van der Waals surface area contributed by atoms with Gasteiger partial charge in [-0.25, -0.2) is 4.79 Å². The molecule has 2 atom stereocenters. The van der Waals surface area contributed by atoms with Gasteiger partial charge in [0.1, 0.15) is 11.4 Å². The van der Waals surface area contributed by atoms with E-state index >= 15 is 0 Å². The van der Waals surface area contributed by atoms with E-state index in [2.05, 4.69) is 0 Å². The van der Waals surface area contributed by atoms with Gasteiger partial charge in [0.25, 0.3) is 5.56 Å². The standard InChI is InChI=1S/C13H17N3O5/c1-6-4-7(6)12(19)21-5-8(17)9-10(14)15(2)13(20)16(3)11(9)18/h6-7H,4-5,14H2,1-3H3/t6-,7-/m0/s1. The van der Waals surface area contributed by atoms with E-state index in [0.717, 1.165) is 15.6 Å². The summed E-state index contributed by atoms with van der Waals surface area (Å²) in [5.41, 5.74) is 3.88. The topological polar surface area (TPSA) is 113 Å². The number of carbonyl (C=O) groups is 2. The Kier molecular flexibility index (Phi) is 3.71. The molecule has 2 N–H and O–H groups in total. The molecule has 1 aliphatic rings. The molecule has 0 saturated heterocycles. The molecule has 1 aromatic rings. The molecule has 1 saturated carbocycles. The fourth-order valence-corrected chi connectivity index (χ4v) is 2.09. The van der Waals surface area contributed by atoms with Gasteiger partial charge >= 0.3 is 11.7 Å². The summed E-state index contributed by atoms with van der Waals surface area (Å²) in [5, 5.41) is 0. The van der Waals surface area contributed by atoms with Gasteiger partial charge in [-0.2, -0.15) is 0 Å². The van der Waals surface area contributed by atoms with Gasteiger partial charge in [-0.1, -0.05) is 6.92 Å². The smallest absolute Gasteiger partial charge is 0.332 e. The summed E-state index contributed by atoms with van der Waals surface area (Å²) in [6.07, 6.45) is 0.747. The number of esters is 1. The second-order valence-electron chi connectivity index (χ2n) is 5.32. The number of hydrogen-bond acceptors (Lipinski definition) is 6. The summed E-state index contributed by atoms with van der Waals surface area (Å²) in [6.45, 7) is 1.36. The van der Waals surface area contributed by atoms with E-state index in [1.807, 2.05) is 6.92 Å². The van der Waals surface area contributed by atoms with Crippen LogP contribution in [-0.4, -0.2) is 27.5 Å². The Labute approximate surface area is 120 Å². The Morgan fingerprint density at radius 2 is 1.86 bits per heavy atom. The number of nitrogen functional groups attached to an aromatic ring is 1. The minimum absolute atomic E-state index is 0.168. The molecule has 8 heteroatoms. The Hall–Kier alpha value is -2.38. The minimum Gasteiger partial charge on any atom is -0.457 e. The lowest BCUT2D eigenvalue weighted by atomic mass is 10.2. The van der Waals surface area contributed by atoms with Crippen LogP contribution >= 0.6 is 0 Å². The molecule has 1 fully saturated rings. The van der Waals surface area contributed by atoms with Crippen LogP contribution in [0.15, 0.2) is 9.59 Å². The van der Waals surface area contributed by atoms with Crippen LogP contribution in [-0.2, 0) is 23.6 Å². The summed E-state index contributed by atoms with van der Waals surface area (Å²) in [4.78, 5) is 47.2. The monoisotopic (exact) mass is 295 g/mol. The maximum absolute atomic E-state index is 12.0. The number of anilines is 1. The predicted molar refractivity (Wildman–Crippen MR) is 73.9 cm³/mol. The van der Waals surface area contributed by atoms with Crippen molar-refractivity contribution in [1.29, 1.82) is 0 Å². The molecule has 0 bridgehead atoms. The van der Waals surface area contributed by atoms with E-state index in [0.29, 0.717) is 0 Å². The lowest BCUT2D eigenvalue weighted by molar-refractivity contribution is -0.144. The number of ketones is 1. The van der Waals surface area contributed by atoms with Crippen LogP contribution in [0.3, 0.4) is 0 Å². The summed E-state index contributed by atoms with van der Waals surface area (Å²) >= 11 is 0. The van der Waals surface area contributed by atoms with E-state index < -0.39 is 29.6 Å². The number of nitrogens with two attached hydrogens (primary N) is 1. The molecular formula is C13H17N3O5. The summed E-state index contributed by atoms with van der Waals surface area (Å²) in [5.74, 6) is -1.30. The average Bonchev–Trinajstić information content (AvgIpc) is 3.17. The second kappa shape index (κ2) is 5.19. The molecule has 21 heavy (non-hydrogen) atoms. The highest BCUT2D eigenvalue weighted by Crippen LogP contribution is 2.38. The molecule has 0 amide bonds. The Morgan fingerprint density at radius 1 is 1.29 bits per heavy atom. The van der Waals surface area contributed by atoms with Gasteiger partial charge < -0.3 is 10.5 Å². The molecule has 0 aliphatic heterocycles. The first kappa shape index (κ1) is 15.0. The number of nitrogens with zero attached hydrogens (tertiary/aromatic N) is 2. The van der Waals surface area contributed by atoms with E-state index in [-0.39, 0.29) is 23.2 Å². The number of carbonyl (C=O) groups excluding carboxylic acids is 2. The van der Waals surface area contributed by atoms with Crippen molar-refractivity contribution in [2.75, 3.05) is 12.3 Å². The molecule has 8 nitrogen and oxygen atoms in total. The predicted octanol–water partition coefficient (Wildman–Crippen LogP) is -0.952. The maximum Gasteiger partial charge on any atom is 0.332 e. The lowest BCUT2D eigenvalue weighted by Gasteiger charge is -2.10. The molecule has 1 aliphatic carbocycles. The van der Waals surface area contributed by atoms with Crippen molar-refractivity contribution in [3.8, 4) is 0 Å². The molecule has 0 unspecified atom stereocenters. The fraction of sp³-hybridized carbons (Fsp3) is 0.538. The molecular weight excluding hydrogens is 278 g/mol. The van der Waals surface area contributed by atoms with Gasteiger partial charge in [-0.05, 0) is 12.3 Å². The zero-order valence-corrected chi connectivity index (χ0v) is 12.1. The number of hydrogen-bond donors (Lipinski definition) is 1. The first-order valence-electron chi connectivity index (χ1n) is 6.51. The average molecular weight is 295 g/mol. The van der Waals surface area contributed by atoms with Gasteiger partial charge in [0.05, 0.1) is 5.92 Å². The van der Waals surface area contributed by atoms with Crippen LogP contribution in [0.2, 0.25) is 0 Å².